The van der Waals surface area contributed by atoms with Crippen LogP contribution in [-0.2, 0) is 30.4 Å². The second kappa shape index (κ2) is 6.79. The average Bonchev–Trinajstić information content (AvgIpc) is 3.11. The molecule has 0 radical (unpaired) electrons. The molecule has 0 bridgehead atoms. The van der Waals surface area contributed by atoms with Crippen LogP contribution in [0, 0.1) is 0 Å². The van der Waals surface area contributed by atoms with E-state index >= 15 is 0 Å². The number of carbonyl (C=O) groups excluding carboxylic acids is 2. The molecule has 0 amide bonds. The molecule has 15 nitrogen and oxygen atoms in total. The molecule has 7 N–H and O–H groups in total. The van der Waals surface area contributed by atoms with Gasteiger partial charge in [-0.25, -0.2) is 0 Å². The fraction of sp³-hybridized carbons (Fsp3) is 0.125. The lowest BCUT2D eigenvalue weighted by Gasteiger charge is -2.35. The first-order chi connectivity index (χ1) is 15.3. The van der Waals surface area contributed by atoms with Gasteiger partial charge in [-0.2, -0.15) is 25.3 Å². The Labute approximate surface area is 190 Å². The summed E-state index contributed by atoms with van der Waals surface area (Å²) in [6.45, 7) is 0. The van der Waals surface area contributed by atoms with E-state index in [4.69, 9.17) is 4.55 Å². The molecule has 0 fully saturated rings. The highest BCUT2D eigenvalue weighted by Gasteiger charge is 2.66. The van der Waals surface area contributed by atoms with E-state index in [0.717, 1.165) is 12.1 Å². The average molecular weight is 536 g/mol. The van der Waals surface area contributed by atoms with Gasteiger partial charge in [0.25, 0.3) is 41.8 Å². The van der Waals surface area contributed by atoms with Crippen LogP contribution < -0.4 is 10.6 Å². The zero-order valence-electron chi connectivity index (χ0n) is 16.1. The van der Waals surface area contributed by atoms with Gasteiger partial charge in [0.05, 0.1) is 15.5 Å². The van der Waals surface area contributed by atoms with Crippen molar-refractivity contribution in [3.05, 3.63) is 41.5 Å². The molecule has 0 saturated heterocycles. The van der Waals surface area contributed by atoms with Crippen molar-refractivity contribution >= 4 is 53.3 Å². The number of Topliss-reactive ketones (excluding diaryl/α,β-unsaturated/α-hetero) is 2. The first-order valence-corrected chi connectivity index (χ1v) is 13.0. The zero-order chi connectivity index (χ0) is 25.6. The Kier molecular flexibility index (Phi) is 4.83. The predicted molar refractivity (Wildman–Crippen MR) is 108 cm³/mol. The van der Waals surface area contributed by atoms with Crippen molar-refractivity contribution in [3.8, 4) is 0 Å². The number of aliphatic hydroxyl groups is 2. The lowest BCUT2D eigenvalue weighted by atomic mass is 9.90. The van der Waals surface area contributed by atoms with Crippen LogP contribution in [0.4, 0.5) is 11.4 Å². The summed E-state index contributed by atoms with van der Waals surface area (Å²) >= 11 is 0. The van der Waals surface area contributed by atoms with Gasteiger partial charge in [0.1, 0.15) is 4.90 Å². The Morgan fingerprint density at radius 3 is 1.68 bits per heavy atom. The van der Waals surface area contributed by atoms with Gasteiger partial charge in [-0.05, 0) is 30.3 Å². The van der Waals surface area contributed by atoms with Crippen LogP contribution >= 0.6 is 0 Å². The number of carbonyl (C=O) groups is 2. The van der Waals surface area contributed by atoms with Crippen molar-refractivity contribution in [2.75, 3.05) is 10.6 Å². The number of fused-ring (bicyclic) bond motifs is 2. The molecule has 2 aromatic carbocycles. The number of benzene rings is 2. The summed E-state index contributed by atoms with van der Waals surface area (Å²) in [6.07, 6.45) is 0. The number of nitrogens with one attached hydrogen (secondary N) is 2. The third-order valence-electron chi connectivity index (χ3n) is 5.23. The summed E-state index contributed by atoms with van der Waals surface area (Å²) in [7, 11) is -15.2. The molecule has 2 unspecified atom stereocenters. The highest BCUT2D eigenvalue weighted by molar-refractivity contribution is 7.86. The molecular formula is C16H12N2O13S3. The highest BCUT2D eigenvalue weighted by atomic mass is 32.2. The van der Waals surface area contributed by atoms with Crippen LogP contribution in [-0.4, -0.2) is 72.1 Å². The minimum absolute atomic E-state index is 0.261. The van der Waals surface area contributed by atoms with Gasteiger partial charge in [0.15, 0.2) is 0 Å². The molecule has 18 heteroatoms. The smallest absolute Gasteiger partial charge is 0.296 e. The molecule has 2 aliphatic heterocycles. The summed E-state index contributed by atoms with van der Waals surface area (Å²) < 4.78 is 97.2. The number of hydrogen-bond donors (Lipinski definition) is 7. The SMILES string of the molecule is O=C1c2cc(S(=O)(=O)O)ccc2NC1(O)C1(O)Nc2c(cc(S(=O)(=O)O)cc2S(=O)(=O)O)C1=O. The van der Waals surface area contributed by atoms with E-state index in [1.807, 2.05) is 5.32 Å². The normalized spacial score (nSPS) is 24.4. The first-order valence-electron chi connectivity index (χ1n) is 8.66. The van der Waals surface area contributed by atoms with E-state index in [0.29, 0.717) is 12.1 Å². The maximum Gasteiger partial charge on any atom is 0.296 e. The highest BCUT2D eigenvalue weighted by Crippen LogP contribution is 2.46. The summed E-state index contributed by atoms with van der Waals surface area (Å²) in [5.74, 6) is -3.14. The second-order valence-corrected chi connectivity index (χ2v) is 11.5. The van der Waals surface area contributed by atoms with Crippen LogP contribution in [0.1, 0.15) is 20.7 Å². The van der Waals surface area contributed by atoms with Gasteiger partial charge in [-0.15, -0.1) is 0 Å². The molecule has 2 aromatic rings. The minimum atomic E-state index is -5.30. The molecule has 0 spiro atoms. The molecule has 2 atom stereocenters. The molecule has 0 aromatic heterocycles. The van der Waals surface area contributed by atoms with Gasteiger partial charge in [0.2, 0.25) is 11.6 Å². The monoisotopic (exact) mass is 536 g/mol. The number of anilines is 2. The van der Waals surface area contributed by atoms with Crippen molar-refractivity contribution < 1.29 is 58.7 Å². The van der Waals surface area contributed by atoms with Crippen LogP contribution in [0.5, 0.6) is 0 Å². The number of ketones is 2. The molecule has 2 heterocycles. The van der Waals surface area contributed by atoms with Crippen LogP contribution in [0.25, 0.3) is 0 Å². The fourth-order valence-corrected chi connectivity index (χ4v) is 5.43. The molecule has 182 valence electrons. The van der Waals surface area contributed by atoms with E-state index in [1.165, 1.54) is 0 Å². The topological polar surface area (TPSA) is 262 Å². The summed E-state index contributed by atoms with van der Waals surface area (Å²) in [6, 6.07) is 3.07. The van der Waals surface area contributed by atoms with Gasteiger partial charge < -0.3 is 20.8 Å². The van der Waals surface area contributed by atoms with Crippen LogP contribution in [0.3, 0.4) is 0 Å². The van der Waals surface area contributed by atoms with Gasteiger partial charge in [0, 0.05) is 16.8 Å². The van der Waals surface area contributed by atoms with E-state index in [-0.39, 0.29) is 11.8 Å². The Morgan fingerprint density at radius 1 is 0.647 bits per heavy atom. The molecule has 2 aliphatic rings. The van der Waals surface area contributed by atoms with Crippen molar-refractivity contribution in [2.45, 2.75) is 26.1 Å². The number of rotatable bonds is 4. The molecule has 4 rings (SSSR count). The third-order valence-corrected chi connectivity index (χ3v) is 7.79. The van der Waals surface area contributed by atoms with Crippen molar-refractivity contribution in [1.29, 1.82) is 0 Å². The van der Waals surface area contributed by atoms with Gasteiger partial charge in [-0.1, -0.05) is 0 Å². The van der Waals surface area contributed by atoms with Gasteiger partial charge >= 0.3 is 0 Å². The van der Waals surface area contributed by atoms with E-state index in [1.54, 1.807) is 0 Å². The molecule has 0 saturated carbocycles. The lowest BCUT2D eigenvalue weighted by molar-refractivity contribution is -0.0655. The van der Waals surface area contributed by atoms with E-state index in [9.17, 15) is 54.2 Å². The van der Waals surface area contributed by atoms with Crippen LogP contribution in [0.15, 0.2) is 45.0 Å². The third kappa shape index (κ3) is 3.31. The maximum atomic E-state index is 13.0. The number of hydrogen-bond acceptors (Lipinski definition) is 12. The van der Waals surface area contributed by atoms with E-state index in [2.05, 4.69) is 5.32 Å². The summed E-state index contributed by atoms with van der Waals surface area (Å²) in [4.78, 5) is 22.8. The Balaban J connectivity index is 1.90. The standard InChI is InChI=1S/C16H12N2O13S3/c19-13-8-3-6(32(23,24)25)1-2-10(8)17-15(13,21)16(22)14(20)9-4-7(33(26,27)28)5-11(12(9)18-16)34(29,30)31/h1-5,17-18,21-22H,(H,23,24,25)(H,26,27,28)(H,29,30,31). The molecular weight excluding hydrogens is 524 g/mol. The molecule has 0 aliphatic carbocycles. The Hall–Kier alpha value is -2.97. The van der Waals surface area contributed by atoms with Crippen molar-refractivity contribution in [2.24, 2.45) is 0 Å². The van der Waals surface area contributed by atoms with E-state index < -0.39 is 84.9 Å². The van der Waals surface area contributed by atoms with Crippen molar-refractivity contribution in [1.82, 2.24) is 0 Å². The predicted octanol–water partition coefficient (Wildman–Crippen LogP) is -1.28. The lowest BCUT2D eigenvalue weighted by Crippen LogP contribution is -2.67. The summed E-state index contributed by atoms with van der Waals surface area (Å²) in [5, 5.41) is 26.1. The van der Waals surface area contributed by atoms with Crippen LogP contribution in [0.2, 0.25) is 0 Å². The Bertz CT molecular complexity index is 1650. The molecule has 34 heavy (non-hydrogen) atoms. The maximum absolute atomic E-state index is 13.0. The second-order valence-electron chi connectivity index (χ2n) is 7.31. The first kappa shape index (κ1) is 24.2. The van der Waals surface area contributed by atoms with Gasteiger partial charge in [-0.3, -0.25) is 23.2 Å². The minimum Gasteiger partial charge on any atom is -0.360 e. The fourth-order valence-electron chi connectivity index (χ4n) is 3.62. The quantitative estimate of drug-likeness (QED) is 0.224. The van der Waals surface area contributed by atoms with Crippen molar-refractivity contribution in [3.63, 3.8) is 0 Å². The summed E-state index contributed by atoms with van der Waals surface area (Å²) in [5.41, 5.74) is -9.49. The largest absolute Gasteiger partial charge is 0.360 e. The zero-order valence-corrected chi connectivity index (χ0v) is 18.6. The Morgan fingerprint density at radius 2 is 1.15 bits per heavy atom.